The zero-order valence-electron chi connectivity index (χ0n) is 17.0. The summed E-state index contributed by atoms with van der Waals surface area (Å²) in [6.07, 6.45) is 0.826. The Morgan fingerprint density at radius 1 is 1.21 bits per heavy atom. The highest BCUT2D eigenvalue weighted by Crippen LogP contribution is 2.39. The number of nitrogens with one attached hydrogen (secondary N) is 1. The minimum absolute atomic E-state index is 0.243. The summed E-state index contributed by atoms with van der Waals surface area (Å²) >= 11 is 6.12. The zero-order valence-corrected chi connectivity index (χ0v) is 18.5. The molecule has 6 nitrogen and oxygen atoms in total. The number of para-hydroxylation sites is 1. The van der Waals surface area contributed by atoms with E-state index in [1.165, 1.54) is 18.3 Å². The second-order valence-electron chi connectivity index (χ2n) is 7.46. The number of benzene rings is 2. The van der Waals surface area contributed by atoms with Gasteiger partial charge in [-0.15, -0.1) is 0 Å². The largest absolute Gasteiger partial charge is 0.495 e. The third-order valence-corrected chi connectivity index (χ3v) is 8.22. The van der Waals surface area contributed by atoms with Crippen LogP contribution in [0, 0.1) is 13.8 Å². The molecule has 0 aliphatic carbocycles. The second-order valence-corrected chi connectivity index (χ2v) is 10.2. The Balaban J connectivity index is 1.95. The van der Waals surface area contributed by atoms with Gasteiger partial charge in [-0.3, -0.25) is 9.10 Å². The smallest absolute Gasteiger partial charge is 0.249 e. The first-order valence-electron chi connectivity index (χ1n) is 9.35. The predicted octanol–water partition coefficient (Wildman–Crippen LogP) is 4.29. The second kappa shape index (κ2) is 7.88. The lowest BCUT2D eigenvalue weighted by Crippen LogP contribution is -2.57. The molecule has 1 heterocycles. The van der Waals surface area contributed by atoms with Crippen molar-refractivity contribution in [2.75, 3.05) is 23.3 Å². The Labute approximate surface area is 176 Å². The fourth-order valence-electron chi connectivity index (χ4n) is 3.72. The molecule has 1 N–H and O–H groups in total. The number of halogens is 1. The van der Waals surface area contributed by atoms with Crippen molar-refractivity contribution < 1.29 is 17.9 Å². The average molecular weight is 437 g/mol. The van der Waals surface area contributed by atoms with Crippen LogP contribution in [0.1, 0.15) is 30.9 Å². The maximum absolute atomic E-state index is 13.6. The molecule has 0 spiro atoms. The van der Waals surface area contributed by atoms with E-state index < -0.39 is 20.7 Å². The van der Waals surface area contributed by atoms with E-state index in [1.54, 1.807) is 18.2 Å². The summed E-state index contributed by atoms with van der Waals surface area (Å²) in [4.78, 5) is 13.1. The van der Waals surface area contributed by atoms with Gasteiger partial charge in [-0.1, -0.05) is 29.8 Å². The first kappa shape index (κ1) is 21.5. The molecule has 0 radical (unpaired) electrons. The zero-order chi connectivity index (χ0) is 21.4. The lowest BCUT2D eigenvalue weighted by Gasteiger charge is -2.40. The number of methoxy groups -OCH3 is 1. The Kier molecular flexibility index (Phi) is 5.83. The van der Waals surface area contributed by atoms with Crippen molar-refractivity contribution in [2.24, 2.45) is 0 Å². The summed E-state index contributed by atoms with van der Waals surface area (Å²) in [5, 5.41) is 3.05. The number of carbonyl (C=O) groups excluding carboxylic acids is 1. The molecule has 2 aromatic carbocycles. The van der Waals surface area contributed by atoms with Gasteiger partial charge in [-0.25, -0.2) is 8.42 Å². The molecule has 1 atom stereocenters. The van der Waals surface area contributed by atoms with Crippen molar-refractivity contribution in [1.29, 1.82) is 0 Å². The van der Waals surface area contributed by atoms with Gasteiger partial charge in [0.2, 0.25) is 15.9 Å². The number of hydrogen-bond acceptors (Lipinski definition) is 4. The van der Waals surface area contributed by atoms with E-state index in [2.05, 4.69) is 5.32 Å². The van der Waals surface area contributed by atoms with E-state index in [1.807, 2.05) is 32.0 Å². The number of sulfonamides is 1. The van der Waals surface area contributed by atoms with Gasteiger partial charge in [0.1, 0.15) is 5.75 Å². The number of anilines is 2. The van der Waals surface area contributed by atoms with Crippen LogP contribution >= 0.6 is 11.6 Å². The fourth-order valence-corrected chi connectivity index (χ4v) is 6.05. The minimum Gasteiger partial charge on any atom is -0.495 e. The van der Waals surface area contributed by atoms with Gasteiger partial charge in [-0.2, -0.15) is 0 Å². The van der Waals surface area contributed by atoms with Crippen LogP contribution in [-0.2, 0) is 14.8 Å². The molecule has 0 aromatic heterocycles. The minimum atomic E-state index is -3.94. The monoisotopic (exact) mass is 436 g/mol. The highest BCUT2D eigenvalue weighted by Gasteiger charge is 2.52. The SMILES string of the molecule is COc1ccc(NC(=O)[C@@]2(C)CCCN(c3c(C)cccc3C)S2(=O)=O)cc1Cl. The normalized spacial score (nSPS) is 20.9. The molecule has 0 bridgehead atoms. The van der Waals surface area contributed by atoms with Crippen LogP contribution in [0.4, 0.5) is 11.4 Å². The van der Waals surface area contributed by atoms with E-state index in [9.17, 15) is 13.2 Å². The number of rotatable bonds is 4. The molecule has 3 rings (SSSR count). The van der Waals surface area contributed by atoms with E-state index in [0.717, 1.165) is 11.1 Å². The molecular weight excluding hydrogens is 412 g/mol. The van der Waals surface area contributed by atoms with Gasteiger partial charge >= 0.3 is 0 Å². The van der Waals surface area contributed by atoms with Gasteiger partial charge < -0.3 is 10.1 Å². The maximum atomic E-state index is 13.6. The molecule has 1 fully saturated rings. The molecule has 1 aliphatic heterocycles. The van der Waals surface area contributed by atoms with E-state index in [4.69, 9.17) is 16.3 Å². The summed E-state index contributed by atoms with van der Waals surface area (Å²) in [7, 11) is -2.44. The van der Waals surface area contributed by atoms with Crippen molar-refractivity contribution in [2.45, 2.75) is 38.4 Å². The van der Waals surface area contributed by atoms with Crippen LogP contribution in [-0.4, -0.2) is 32.7 Å². The lowest BCUT2D eigenvalue weighted by atomic mass is 10.0. The van der Waals surface area contributed by atoms with Crippen LogP contribution in [0.25, 0.3) is 0 Å². The van der Waals surface area contributed by atoms with E-state index in [-0.39, 0.29) is 6.42 Å². The van der Waals surface area contributed by atoms with Crippen molar-refractivity contribution in [1.82, 2.24) is 0 Å². The maximum Gasteiger partial charge on any atom is 0.249 e. The van der Waals surface area contributed by atoms with Gasteiger partial charge in [0.25, 0.3) is 0 Å². The molecule has 2 aromatic rings. The quantitative estimate of drug-likeness (QED) is 0.775. The molecular formula is C21H25ClN2O4S. The third kappa shape index (κ3) is 3.69. The van der Waals surface area contributed by atoms with Crippen molar-refractivity contribution >= 4 is 38.9 Å². The topological polar surface area (TPSA) is 75.7 Å². The number of aryl methyl sites for hydroxylation is 2. The molecule has 8 heteroatoms. The van der Waals surface area contributed by atoms with Gasteiger partial charge in [0.15, 0.2) is 4.75 Å². The summed E-state index contributed by atoms with van der Waals surface area (Å²) in [6.45, 7) is 5.60. The Hall–Kier alpha value is -2.25. The van der Waals surface area contributed by atoms with Gasteiger partial charge in [0.05, 0.1) is 17.8 Å². The Bertz CT molecular complexity index is 1030. The van der Waals surface area contributed by atoms with Crippen molar-refractivity contribution in [3.8, 4) is 5.75 Å². The number of amides is 1. The van der Waals surface area contributed by atoms with Crippen LogP contribution in [0.5, 0.6) is 5.75 Å². The van der Waals surface area contributed by atoms with Crippen molar-refractivity contribution in [3.63, 3.8) is 0 Å². The summed E-state index contributed by atoms with van der Waals surface area (Å²) < 4.78 is 32.0. The molecule has 1 aliphatic rings. The first-order chi connectivity index (χ1) is 13.6. The van der Waals surface area contributed by atoms with Gasteiger partial charge in [-0.05, 0) is 62.9 Å². The molecule has 0 saturated carbocycles. The third-order valence-electron chi connectivity index (χ3n) is 5.45. The first-order valence-corrected chi connectivity index (χ1v) is 11.2. The fraction of sp³-hybridized carbons (Fsp3) is 0.381. The summed E-state index contributed by atoms with van der Waals surface area (Å²) in [5.41, 5.74) is 2.79. The molecule has 29 heavy (non-hydrogen) atoms. The molecule has 1 amide bonds. The number of nitrogens with zero attached hydrogens (tertiary/aromatic N) is 1. The summed E-state index contributed by atoms with van der Waals surface area (Å²) in [6, 6.07) is 10.4. The molecule has 0 unspecified atom stereocenters. The Morgan fingerprint density at radius 3 is 2.45 bits per heavy atom. The molecule has 156 valence electrons. The van der Waals surface area contributed by atoms with E-state index >= 15 is 0 Å². The number of carbonyl (C=O) groups is 1. The van der Waals surface area contributed by atoms with Crippen LogP contribution in [0.2, 0.25) is 5.02 Å². The van der Waals surface area contributed by atoms with Crippen LogP contribution in [0.15, 0.2) is 36.4 Å². The van der Waals surface area contributed by atoms with E-state index in [0.29, 0.717) is 35.1 Å². The van der Waals surface area contributed by atoms with Crippen LogP contribution in [0.3, 0.4) is 0 Å². The van der Waals surface area contributed by atoms with Gasteiger partial charge in [0, 0.05) is 12.2 Å². The number of ether oxygens (including phenoxy) is 1. The van der Waals surface area contributed by atoms with Crippen molar-refractivity contribution in [3.05, 3.63) is 52.5 Å². The highest BCUT2D eigenvalue weighted by molar-refractivity contribution is 7.95. The highest BCUT2D eigenvalue weighted by atomic mass is 35.5. The predicted molar refractivity (Wildman–Crippen MR) is 116 cm³/mol. The molecule has 1 saturated heterocycles. The Morgan fingerprint density at radius 2 is 1.86 bits per heavy atom. The average Bonchev–Trinajstić information content (AvgIpc) is 2.65. The number of hydrogen-bond donors (Lipinski definition) is 1. The standard InChI is InChI=1S/C21H25ClN2O4S/c1-14-7-5-8-15(2)19(14)24-12-6-11-21(3,29(24,26)27)20(25)23-16-9-10-18(28-4)17(22)13-16/h5,7-10,13H,6,11-12H2,1-4H3,(H,23,25)/t21-/m1/s1. The lowest BCUT2D eigenvalue weighted by molar-refractivity contribution is -0.118. The summed E-state index contributed by atoms with van der Waals surface area (Å²) in [5.74, 6) is -0.1000. The van der Waals surface area contributed by atoms with Crippen LogP contribution < -0.4 is 14.4 Å².